The van der Waals surface area contributed by atoms with Crippen LogP contribution in [0.25, 0.3) is 0 Å². The maximum absolute atomic E-state index is 13.5. The van der Waals surface area contributed by atoms with Crippen molar-refractivity contribution in [3.63, 3.8) is 0 Å². The third-order valence-corrected chi connectivity index (χ3v) is 4.15. The molecular formula is C16H24ClFN4O2. The number of rotatable bonds is 4. The minimum Gasteiger partial charge on any atom is -0.316 e. The summed E-state index contributed by atoms with van der Waals surface area (Å²) in [5.41, 5.74) is 0.0404. The maximum atomic E-state index is 13.5. The first-order valence-electron chi connectivity index (χ1n) is 7.79. The third kappa shape index (κ3) is 5.43. The largest absolute Gasteiger partial charge is 0.326 e. The van der Waals surface area contributed by atoms with E-state index in [1.807, 2.05) is 11.9 Å². The number of hydrogen-bond donors (Lipinski definition) is 3. The highest BCUT2D eigenvalue weighted by Gasteiger charge is 2.27. The van der Waals surface area contributed by atoms with Gasteiger partial charge < -0.3 is 10.6 Å². The Hall–Kier alpha value is -1.70. The zero-order valence-electron chi connectivity index (χ0n) is 13.8. The third-order valence-electron chi connectivity index (χ3n) is 4.15. The van der Waals surface area contributed by atoms with Gasteiger partial charge in [0.05, 0.1) is 11.7 Å². The van der Waals surface area contributed by atoms with Gasteiger partial charge in [-0.25, -0.2) is 9.18 Å². The zero-order chi connectivity index (χ0) is 16.8. The van der Waals surface area contributed by atoms with Crippen molar-refractivity contribution in [2.24, 2.45) is 0 Å². The summed E-state index contributed by atoms with van der Waals surface area (Å²) in [5, 5.41) is 7.82. The summed E-state index contributed by atoms with van der Waals surface area (Å²) in [4.78, 5) is 26.1. The van der Waals surface area contributed by atoms with Crippen molar-refractivity contribution in [3.8, 4) is 0 Å². The van der Waals surface area contributed by atoms with E-state index in [0.29, 0.717) is 6.04 Å². The molecule has 1 saturated heterocycles. The van der Waals surface area contributed by atoms with Crippen LogP contribution in [-0.2, 0) is 4.79 Å². The topological polar surface area (TPSA) is 73.5 Å². The number of likely N-dealkylation sites (tertiary alicyclic amines) is 1. The van der Waals surface area contributed by atoms with Crippen LogP contribution >= 0.6 is 12.4 Å². The number of amides is 3. The number of imide groups is 1. The second-order valence-corrected chi connectivity index (χ2v) is 5.72. The van der Waals surface area contributed by atoms with Gasteiger partial charge in [-0.15, -0.1) is 12.4 Å². The predicted molar refractivity (Wildman–Crippen MR) is 93.9 cm³/mol. The van der Waals surface area contributed by atoms with Crippen LogP contribution in [0.2, 0.25) is 0 Å². The molecule has 6 nitrogen and oxygen atoms in total. The summed E-state index contributed by atoms with van der Waals surface area (Å²) < 4.78 is 13.5. The molecule has 0 radical (unpaired) electrons. The summed E-state index contributed by atoms with van der Waals surface area (Å²) in [6.07, 6.45) is 2.08. The van der Waals surface area contributed by atoms with E-state index in [-0.39, 0.29) is 18.1 Å². The lowest BCUT2D eigenvalue weighted by Gasteiger charge is -2.35. The van der Waals surface area contributed by atoms with Gasteiger partial charge >= 0.3 is 6.03 Å². The van der Waals surface area contributed by atoms with E-state index in [1.54, 1.807) is 13.0 Å². The maximum Gasteiger partial charge on any atom is 0.326 e. The second kappa shape index (κ2) is 9.56. The summed E-state index contributed by atoms with van der Waals surface area (Å²) >= 11 is 0. The number of halogens is 2. The fourth-order valence-electron chi connectivity index (χ4n) is 2.69. The molecule has 3 N–H and O–H groups in total. The van der Waals surface area contributed by atoms with Crippen molar-refractivity contribution in [3.05, 3.63) is 30.1 Å². The number of benzene rings is 1. The van der Waals surface area contributed by atoms with Gasteiger partial charge in [0.25, 0.3) is 0 Å². The average molecular weight is 359 g/mol. The fraction of sp³-hybridized carbons (Fsp3) is 0.500. The molecule has 0 aliphatic carbocycles. The van der Waals surface area contributed by atoms with Crippen molar-refractivity contribution in [2.45, 2.75) is 31.8 Å². The summed E-state index contributed by atoms with van der Waals surface area (Å²) in [5.74, 6) is -0.938. The van der Waals surface area contributed by atoms with Crippen LogP contribution in [0.15, 0.2) is 24.3 Å². The van der Waals surface area contributed by atoms with Gasteiger partial charge in [-0.05, 0) is 45.5 Å². The van der Waals surface area contributed by atoms with E-state index in [0.717, 1.165) is 25.9 Å². The number of hydrogen-bond acceptors (Lipinski definition) is 4. The molecule has 0 bridgehead atoms. The average Bonchev–Trinajstić information content (AvgIpc) is 2.56. The van der Waals surface area contributed by atoms with Crippen molar-refractivity contribution in [1.82, 2.24) is 15.5 Å². The van der Waals surface area contributed by atoms with E-state index in [2.05, 4.69) is 16.0 Å². The molecule has 8 heteroatoms. The Morgan fingerprint density at radius 1 is 1.33 bits per heavy atom. The van der Waals surface area contributed by atoms with Crippen molar-refractivity contribution in [1.29, 1.82) is 0 Å². The van der Waals surface area contributed by atoms with E-state index in [1.165, 1.54) is 18.2 Å². The van der Waals surface area contributed by atoms with E-state index >= 15 is 0 Å². The normalized spacial score (nSPS) is 19.0. The summed E-state index contributed by atoms with van der Waals surface area (Å²) in [7, 11) is 1.90. The lowest BCUT2D eigenvalue weighted by molar-refractivity contribution is -0.125. The van der Waals surface area contributed by atoms with Gasteiger partial charge in [0, 0.05) is 12.6 Å². The molecule has 134 valence electrons. The molecule has 0 saturated carbocycles. The lowest BCUT2D eigenvalue weighted by Crippen LogP contribution is -2.53. The highest BCUT2D eigenvalue weighted by atomic mass is 35.5. The van der Waals surface area contributed by atoms with Gasteiger partial charge in [-0.1, -0.05) is 12.1 Å². The molecule has 1 aromatic carbocycles. The Morgan fingerprint density at radius 3 is 2.71 bits per heavy atom. The first-order valence-corrected chi connectivity index (χ1v) is 7.79. The molecule has 1 heterocycles. The predicted octanol–water partition coefficient (Wildman–Crippen LogP) is 1.97. The number of carbonyl (C=O) groups is 2. The number of urea groups is 1. The molecule has 2 rings (SSSR count). The first-order chi connectivity index (χ1) is 11.0. The Kier molecular flexibility index (Phi) is 8.10. The number of piperidine rings is 1. The molecule has 24 heavy (non-hydrogen) atoms. The number of carbonyl (C=O) groups excluding carboxylic acids is 2. The van der Waals surface area contributed by atoms with Gasteiger partial charge in [0.15, 0.2) is 0 Å². The first kappa shape index (κ1) is 20.3. The number of nitrogens with one attached hydrogen (secondary N) is 3. The SMILES string of the molecule is CNC1CCCN(C(C)C(=O)NC(=O)Nc2ccccc2F)C1.Cl. The van der Waals surface area contributed by atoms with E-state index in [9.17, 15) is 14.0 Å². The molecule has 1 fully saturated rings. The standard InChI is InChI=1S/C16H23FN4O2.ClH/c1-11(21-9-5-6-12(10-21)18-2)15(22)20-16(23)19-14-8-4-3-7-13(14)17;/h3-4,7-8,11-12,18H,5-6,9-10H2,1-2H3,(H2,19,20,22,23);1H. The fourth-order valence-corrected chi connectivity index (χ4v) is 2.69. The number of nitrogens with zero attached hydrogens (tertiary/aromatic N) is 1. The summed E-state index contributed by atoms with van der Waals surface area (Å²) in [6, 6.07) is 5.02. The lowest BCUT2D eigenvalue weighted by atomic mass is 10.0. The van der Waals surface area contributed by atoms with Crippen LogP contribution in [0, 0.1) is 5.82 Å². The molecule has 2 unspecified atom stereocenters. The molecule has 1 aromatic rings. The molecule has 1 aliphatic heterocycles. The molecule has 3 amide bonds. The van der Waals surface area contributed by atoms with Crippen LogP contribution in [0.5, 0.6) is 0 Å². The van der Waals surface area contributed by atoms with Crippen molar-refractivity contribution >= 4 is 30.0 Å². The van der Waals surface area contributed by atoms with Gasteiger partial charge in [0.2, 0.25) is 5.91 Å². The number of para-hydroxylation sites is 1. The summed E-state index contributed by atoms with van der Waals surface area (Å²) in [6.45, 7) is 3.35. The van der Waals surface area contributed by atoms with Gasteiger partial charge in [-0.3, -0.25) is 15.0 Å². The molecule has 1 aliphatic rings. The smallest absolute Gasteiger partial charge is 0.316 e. The monoisotopic (exact) mass is 358 g/mol. The van der Waals surface area contributed by atoms with Crippen LogP contribution < -0.4 is 16.0 Å². The van der Waals surface area contributed by atoms with Gasteiger partial charge in [-0.2, -0.15) is 0 Å². The Morgan fingerprint density at radius 2 is 2.04 bits per heavy atom. The quantitative estimate of drug-likeness (QED) is 0.769. The van der Waals surface area contributed by atoms with Crippen LogP contribution in [0.4, 0.5) is 14.9 Å². The second-order valence-electron chi connectivity index (χ2n) is 5.72. The Labute approximate surface area is 147 Å². The molecule has 0 aromatic heterocycles. The van der Waals surface area contributed by atoms with Crippen molar-refractivity contribution < 1.29 is 14.0 Å². The van der Waals surface area contributed by atoms with E-state index < -0.39 is 23.8 Å². The minimum absolute atomic E-state index is 0. The molecule has 0 spiro atoms. The molecule has 2 atom stereocenters. The van der Waals surface area contributed by atoms with Gasteiger partial charge in [0.1, 0.15) is 5.82 Å². The highest BCUT2D eigenvalue weighted by Crippen LogP contribution is 2.14. The Bertz CT molecular complexity index is 573. The minimum atomic E-state index is -0.728. The number of anilines is 1. The van der Waals surface area contributed by atoms with Crippen LogP contribution in [0.3, 0.4) is 0 Å². The zero-order valence-corrected chi connectivity index (χ0v) is 14.7. The van der Waals surface area contributed by atoms with Crippen LogP contribution in [0.1, 0.15) is 19.8 Å². The number of likely N-dealkylation sites (N-methyl/N-ethyl adjacent to an activating group) is 1. The van der Waals surface area contributed by atoms with Crippen LogP contribution in [-0.4, -0.2) is 49.1 Å². The van der Waals surface area contributed by atoms with Crippen molar-refractivity contribution in [2.75, 3.05) is 25.5 Å². The Balaban J connectivity index is 0.00000288. The highest BCUT2D eigenvalue weighted by molar-refractivity contribution is 6.02. The molecular weight excluding hydrogens is 335 g/mol. The van der Waals surface area contributed by atoms with E-state index in [4.69, 9.17) is 0 Å².